The number of nitrogens with one attached hydrogen (secondary N) is 1. The van der Waals surface area contributed by atoms with E-state index in [1.807, 2.05) is 12.1 Å². The van der Waals surface area contributed by atoms with E-state index in [1.165, 1.54) is 0 Å². The van der Waals surface area contributed by atoms with Crippen molar-refractivity contribution in [2.45, 2.75) is 20.4 Å². The van der Waals surface area contributed by atoms with E-state index in [9.17, 15) is 0 Å². The summed E-state index contributed by atoms with van der Waals surface area (Å²) in [6.07, 6.45) is 0. The van der Waals surface area contributed by atoms with Gasteiger partial charge in [0, 0.05) is 30.2 Å². The maximum Gasteiger partial charge on any atom is 0.122 e. The minimum absolute atomic E-state index is 0.0619. The predicted molar refractivity (Wildman–Crippen MR) is 76.1 cm³/mol. The van der Waals surface area contributed by atoms with Gasteiger partial charge in [0.2, 0.25) is 0 Å². The second-order valence-corrected chi connectivity index (χ2v) is 5.78. The molecule has 0 spiro atoms. The summed E-state index contributed by atoms with van der Waals surface area (Å²) >= 11 is 6.25. The molecule has 1 aliphatic heterocycles. The molecule has 1 aliphatic rings. The van der Waals surface area contributed by atoms with Gasteiger partial charge in [-0.3, -0.25) is 10.3 Å². The Kier molecular flexibility index (Phi) is 3.93. The molecule has 0 aliphatic carbocycles. The number of rotatable bonds is 3. The summed E-state index contributed by atoms with van der Waals surface area (Å²) in [6.45, 7) is 7.74. The summed E-state index contributed by atoms with van der Waals surface area (Å²) in [5.41, 5.74) is 7.25. The van der Waals surface area contributed by atoms with E-state index in [1.54, 1.807) is 6.07 Å². The monoisotopic (exact) mass is 265 g/mol. The number of nitrogens with two attached hydrogens (primary N) is 1. The van der Waals surface area contributed by atoms with E-state index < -0.39 is 0 Å². The number of nitrogens with zero attached hydrogens (tertiary/aromatic N) is 1. The van der Waals surface area contributed by atoms with Crippen LogP contribution in [0.3, 0.4) is 0 Å². The smallest absolute Gasteiger partial charge is 0.122 e. The first-order valence-corrected chi connectivity index (χ1v) is 6.70. The topological polar surface area (TPSA) is 53.1 Å². The van der Waals surface area contributed by atoms with Gasteiger partial charge >= 0.3 is 0 Å². The van der Waals surface area contributed by atoms with Crippen molar-refractivity contribution in [3.63, 3.8) is 0 Å². The molecule has 0 amide bonds. The molecule has 3 nitrogen and oxygen atoms in total. The van der Waals surface area contributed by atoms with Crippen molar-refractivity contribution in [3.8, 4) is 0 Å². The van der Waals surface area contributed by atoms with Gasteiger partial charge in [0.25, 0.3) is 0 Å². The van der Waals surface area contributed by atoms with Crippen molar-refractivity contribution < 1.29 is 0 Å². The van der Waals surface area contributed by atoms with Crippen molar-refractivity contribution >= 4 is 17.4 Å². The largest absolute Gasteiger partial charge is 0.384 e. The Morgan fingerprint density at radius 2 is 2.00 bits per heavy atom. The first-order chi connectivity index (χ1) is 8.47. The first kappa shape index (κ1) is 13.4. The molecule has 2 unspecified atom stereocenters. The lowest BCUT2D eigenvalue weighted by atomic mass is 10.0. The number of hydrogen-bond acceptors (Lipinski definition) is 2. The van der Waals surface area contributed by atoms with Gasteiger partial charge < -0.3 is 5.73 Å². The zero-order valence-electron chi connectivity index (χ0n) is 10.9. The number of amidine groups is 1. The minimum Gasteiger partial charge on any atom is -0.384 e. The third kappa shape index (κ3) is 2.85. The minimum atomic E-state index is 0.0619. The molecule has 1 saturated heterocycles. The van der Waals surface area contributed by atoms with Crippen LogP contribution < -0.4 is 5.73 Å². The zero-order valence-corrected chi connectivity index (χ0v) is 11.7. The molecule has 98 valence electrons. The fourth-order valence-electron chi connectivity index (χ4n) is 2.46. The average molecular weight is 266 g/mol. The van der Waals surface area contributed by atoms with Crippen LogP contribution in [0.4, 0.5) is 0 Å². The second kappa shape index (κ2) is 5.29. The Morgan fingerprint density at radius 3 is 2.50 bits per heavy atom. The number of likely N-dealkylation sites (tertiary alicyclic amines) is 1. The molecule has 0 radical (unpaired) electrons. The second-order valence-electron chi connectivity index (χ2n) is 5.37. The Labute approximate surface area is 113 Å². The maximum atomic E-state index is 7.39. The van der Waals surface area contributed by atoms with Crippen molar-refractivity contribution in [1.82, 2.24) is 4.90 Å². The first-order valence-electron chi connectivity index (χ1n) is 6.32. The predicted octanol–water partition coefficient (Wildman–Crippen LogP) is 2.71. The molecule has 1 fully saturated rings. The quantitative estimate of drug-likeness (QED) is 0.652. The standard InChI is InChI=1S/C14H20ClN3/c1-9-6-18(7-10(9)2)8-12-4-3-11(14(16)17)5-13(12)15/h3-5,9-10H,6-8H2,1-2H3,(H3,16,17). The van der Waals surface area contributed by atoms with E-state index in [0.717, 1.165) is 37.0 Å². The Balaban J connectivity index is 2.08. The molecule has 4 heteroatoms. The molecule has 1 aromatic rings. The zero-order chi connectivity index (χ0) is 13.3. The number of hydrogen-bond donors (Lipinski definition) is 2. The van der Waals surface area contributed by atoms with Crippen molar-refractivity contribution in [3.05, 3.63) is 34.3 Å². The highest BCUT2D eigenvalue weighted by atomic mass is 35.5. The van der Waals surface area contributed by atoms with Crippen LogP contribution in [0.15, 0.2) is 18.2 Å². The summed E-state index contributed by atoms with van der Waals surface area (Å²) in [5.74, 6) is 1.56. The Morgan fingerprint density at radius 1 is 1.39 bits per heavy atom. The van der Waals surface area contributed by atoms with Gasteiger partial charge in [0.15, 0.2) is 0 Å². The van der Waals surface area contributed by atoms with Crippen LogP contribution in [0.1, 0.15) is 25.0 Å². The van der Waals surface area contributed by atoms with Crippen LogP contribution in [0.5, 0.6) is 0 Å². The third-order valence-corrected chi connectivity index (χ3v) is 4.17. The normalized spacial score (nSPS) is 24.4. The van der Waals surface area contributed by atoms with E-state index >= 15 is 0 Å². The molecular weight excluding hydrogens is 246 g/mol. The van der Waals surface area contributed by atoms with Gasteiger partial charge in [0.1, 0.15) is 5.84 Å². The molecule has 3 N–H and O–H groups in total. The third-order valence-electron chi connectivity index (χ3n) is 3.82. The molecule has 1 heterocycles. The highest BCUT2D eigenvalue weighted by molar-refractivity contribution is 6.31. The summed E-state index contributed by atoms with van der Waals surface area (Å²) in [7, 11) is 0. The van der Waals surface area contributed by atoms with Crippen molar-refractivity contribution in [2.24, 2.45) is 17.6 Å². The van der Waals surface area contributed by atoms with Gasteiger partial charge in [-0.2, -0.15) is 0 Å². The molecule has 0 bridgehead atoms. The Bertz CT molecular complexity index is 448. The van der Waals surface area contributed by atoms with Crippen LogP contribution >= 0.6 is 11.6 Å². The molecule has 18 heavy (non-hydrogen) atoms. The lowest BCUT2D eigenvalue weighted by Crippen LogP contribution is -2.20. The summed E-state index contributed by atoms with van der Waals surface area (Å²) in [4.78, 5) is 2.43. The highest BCUT2D eigenvalue weighted by Crippen LogP contribution is 2.26. The van der Waals surface area contributed by atoms with Crippen LogP contribution in [0, 0.1) is 17.2 Å². The van der Waals surface area contributed by atoms with Gasteiger partial charge in [-0.05, 0) is 23.5 Å². The van der Waals surface area contributed by atoms with Crippen molar-refractivity contribution in [2.75, 3.05) is 13.1 Å². The average Bonchev–Trinajstić information content (AvgIpc) is 2.61. The highest BCUT2D eigenvalue weighted by Gasteiger charge is 2.26. The number of nitrogen functional groups attached to an aromatic ring is 1. The molecule has 0 saturated carbocycles. The lowest BCUT2D eigenvalue weighted by molar-refractivity contribution is 0.316. The van der Waals surface area contributed by atoms with Gasteiger partial charge in [-0.15, -0.1) is 0 Å². The van der Waals surface area contributed by atoms with Gasteiger partial charge in [0.05, 0.1) is 0 Å². The fourth-order valence-corrected chi connectivity index (χ4v) is 2.70. The molecule has 2 rings (SSSR count). The molecule has 0 aromatic heterocycles. The lowest BCUT2D eigenvalue weighted by Gasteiger charge is -2.16. The fraction of sp³-hybridized carbons (Fsp3) is 0.500. The van der Waals surface area contributed by atoms with Gasteiger partial charge in [-0.1, -0.05) is 37.6 Å². The van der Waals surface area contributed by atoms with Crippen molar-refractivity contribution in [1.29, 1.82) is 5.41 Å². The Hall–Kier alpha value is -1.06. The SMILES string of the molecule is CC1CN(Cc2ccc(C(=N)N)cc2Cl)CC1C. The summed E-state index contributed by atoms with van der Waals surface area (Å²) in [6, 6.07) is 5.63. The molecular formula is C14H20ClN3. The number of benzene rings is 1. The van der Waals surface area contributed by atoms with Crippen LogP contribution in [-0.2, 0) is 6.54 Å². The summed E-state index contributed by atoms with van der Waals surface area (Å²) in [5, 5.41) is 8.09. The van der Waals surface area contributed by atoms with E-state index in [4.69, 9.17) is 22.7 Å². The van der Waals surface area contributed by atoms with Gasteiger partial charge in [-0.25, -0.2) is 0 Å². The maximum absolute atomic E-state index is 7.39. The molecule has 1 aromatic carbocycles. The van der Waals surface area contributed by atoms with Crippen LogP contribution in [-0.4, -0.2) is 23.8 Å². The number of halogens is 1. The van der Waals surface area contributed by atoms with Crippen LogP contribution in [0.2, 0.25) is 5.02 Å². The molecule has 2 atom stereocenters. The van der Waals surface area contributed by atoms with E-state index in [-0.39, 0.29) is 5.84 Å². The van der Waals surface area contributed by atoms with Crippen LogP contribution in [0.25, 0.3) is 0 Å². The van der Waals surface area contributed by atoms with E-state index in [0.29, 0.717) is 10.6 Å². The van der Waals surface area contributed by atoms with E-state index in [2.05, 4.69) is 18.7 Å². The summed E-state index contributed by atoms with van der Waals surface area (Å²) < 4.78 is 0.